The van der Waals surface area contributed by atoms with Crippen LogP contribution in [0.1, 0.15) is 36.5 Å². The number of benzene rings is 4. The zero-order valence-corrected chi connectivity index (χ0v) is 21.8. The maximum absolute atomic E-state index is 4.74. The van der Waals surface area contributed by atoms with Crippen LogP contribution in [0.2, 0.25) is 0 Å². The minimum atomic E-state index is 0.464. The van der Waals surface area contributed by atoms with Gasteiger partial charge in [-0.1, -0.05) is 74.5 Å². The third kappa shape index (κ3) is 4.09. The first-order valence-corrected chi connectivity index (χ1v) is 12.9. The maximum Gasteiger partial charge on any atom is 0.0714 e. The van der Waals surface area contributed by atoms with Gasteiger partial charge in [-0.15, -0.1) is 0 Å². The van der Waals surface area contributed by atoms with Gasteiger partial charge in [-0.25, -0.2) is 0 Å². The highest BCUT2D eigenvalue weighted by molar-refractivity contribution is 6.13. The highest BCUT2D eigenvalue weighted by Crippen LogP contribution is 2.41. The molecule has 0 N–H and O–H groups in total. The van der Waals surface area contributed by atoms with Crippen molar-refractivity contribution in [3.63, 3.8) is 0 Å². The third-order valence-electron chi connectivity index (χ3n) is 7.49. The molecular formula is C35H30N2. The van der Waals surface area contributed by atoms with Gasteiger partial charge in [-0.05, 0) is 99.8 Å². The number of aromatic nitrogens is 2. The Morgan fingerprint density at radius 1 is 0.595 bits per heavy atom. The summed E-state index contributed by atoms with van der Waals surface area (Å²) in [6, 6.07) is 32.7. The molecule has 0 radical (unpaired) electrons. The van der Waals surface area contributed by atoms with Gasteiger partial charge in [-0.3, -0.25) is 9.97 Å². The number of fused-ring (bicyclic) bond motifs is 3. The Morgan fingerprint density at radius 3 is 2.24 bits per heavy atom. The molecule has 6 rings (SSSR count). The summed E-state index contributed by atoms with van der Waals surface area (Å²) in [5, 5.41) is 3.74. The summed E-state index contributed by atoms with van der Waals surface area (Å²) < 4.78 is 0. The Labute approximate surface area is 218 Å². The number of pyridine rings is 2. The Morgan fingerprint density at radius 2 is 1.43 bits per heavy atom. The topological polar surface area (TPSA) is 25.8 Å². The number of hydrogen-bond acceptors (Lipinski definition) is 2. The molecule has 0 bridgehead atoms. The number of aryl methyl sites for hydroxylation is 1. The Hall–Kier alpha value is -4.30. The van der Waals surface area contributed by atoms with Crippen molar-refractivity contribution in [2.24, 2.45) is 0 Å². The van der Waals surface area contributed by atoms with Gasteiger partial charge in [0.05, 0.1) is 11.2 Å². The molecule has 0 amide bonds. The monoisotopic (exact) mass is 478 g/mol. The molecule has 0 aliphatic rings. The van der Waals surface area contributed by atoms with Gasteiger partial charge in [0.1, 0.15) is 0 Å². The predicted octanol–water partition coefficient (Wildman–Crippen LogP) is 9.52. The molecule has 2 heteroatoms. The standard InChI is InChI=1S/C35H30N2/c1-22(2)25-14-16-29-30-11-8-18-37-34(30)21-32(31(29)20-25)28-15-13-23(3)35(24(28)4)27-10-7-9-26(19-27)33-12-5-6-17-36-33/h5-22H,1-4H3. The second kappa shape index (κ2) is 9.29. The van der Waals surface area contributed by atoms with Crippen LogP contribution in [0.15, 0.2) is 103 Å². The molecule has 0 spiro atoms. The lowest BCUT2D eigenvalue weighted by Crippen LogP contribution is -1.95. The SMILES string of the molecule is Cc1ccc(-c2cc3ncccc3c3ccc(C(C)C)cc23)c(C)c1-c1cccc(-c2ccccn2)c1. The first-order valence-electron chi connectivity index (χ1n) is 12.9. The normalized spacial score (nSPS) is 11.5. The highest BCUT2D eigenvalue weighted by atomic mass is 14.7. The number of hydrogen-bond donors (Lipinski definition) is 0. The van der Waals surface area contributed by atoms with Crippen LogP contribution in [-0.2, 0) is 0 Å². The molecule has 2 heterocycles. The van der Waals surface area contributed by atoms with Gasteiger partial charge >= 0.3 is 0 Å². The van der Waals surface area contributed by atoms with Crippen molar-refractivity contribution in [3.8, 4) is 33.5 Å². The quantitative estimate of drug-likeness (QED) is 0.236. The van der Waals surface area contributed by atoms with E-state index in [9.17, 15) is 0 Å². The van der Waals surface area contributed by atoms with Gasteiger partial charge in [0.15, 0.2) is 0 Å². The van der Waals surface area contributed by atoms with E-state index in [0.717, 1.165) is 16.8 Å². The minimum Gasteiger partial charge on any atom is -0.256 e. The highest BCUT2D eigenvalue weighted by Gasteiger charge is 2.16. The first-order chi connectivity index (χ1) is 18.0. The molecule has 0 aliphatic carbocycles. The number of rotatable bonds is 4. The van der Waals surface area contributed by atoms with Crippen LogP contribution in [-0.4, -0.2) is 9.97 Å². The van der Waals surface area contributed by atoms with Crippen molar-refractivity contribution in [3.05, 3.63) is 120 Å². The van der Waals surface area contributed by atoms with Crippen molar-refractivity contribution in [2.45, 2.75) is 33.6 Å². The Kier molecular flexibility index (Phi) is 5.81. The molecule has 0 saturated carbocycles. The lowest BCUT2D eigenvalue weighted by molar-refractivity contribution is 0.869. The molecule has 0 unspecified atom stereocenters. The van der Waals surface area contributed by atoms with Gasteiger partial charge in [-0.2, -0.15) is 0 Å². The van der Waals surface area contributed by atoms with E-state index in [0.29, 0.717) is 5.92 Å². The fourth-order valence-corrected chi connectivity index (χ4v) is 5.53. The van der Waals surface area contributed by atoms with Crippen LogP contribution < -0.4 is 0 Å². The van der Waals surface area contributed by atoms with Gasteiger partial charge < -0.3 is 0 Å². The van der Waals surface area contributed by atoms with E-state index in [1.165, 1.54) is 55.1 Å². The summed E-state index contributed by atoms with van der Waals surface area (Å²) in [5.41, 5.74) is 12.0. The summed E-state index contributed by atoms with van der Waals surface area (Å²) in [5.74, 6) is 0.464. The lowest BCUT2D eigenvalue weighted by Gasteiger charge is -2.19. The van der Waals surface area contributed by atoms with Crippen LogP contribution in [0.25, 0.3) is 55.2 Å². The summed E-state index contributed by atoms with van der Waals surface area (Å²) in [6.45, 7) is 8.98. The number of nitrogens with zero attached hydrogens (tertiary/aromatic N) is 2. The van der Waals surface area contributed by atoms with Crippen LogP contribution in [0, 0.1) is 13.8 Å². The molecule has 0 fully saturated rings. The van der Waals surface area contributed by atoms with E-state index in [1.807, 2.05) is 30.6 Å². The zero-order chi connectivity index (χ0) is 25.5. The molecule has 4 aromatic carbocycles. The van der Waals surface area contributed by atoms with Gasteiger partial charge in [0, 0.05) is 23.3 Å². The van der Waals surface area contributed by atoms with Crippen LogP contribution in [0.3, 0.4) is 0 Å². The lowest BCUT2D eigenvalue weighted by atomic mass is 9.86. The molecule has 0 aliphatic heterocycles. The predicted molar refractivity (Wildman–Crippen MR) is 157 cm³/mol. The summed E-state index contributed by atoms with van der Waals surface area (Å²) in [4.78, 5) is 9.31. The third-order valence-corrected chi connectivity index (χ3v) is 7.49. The van der Waals surface area contributed by atoms with E-state index in [4.69, 9.17) is 4.98 Å². The van der Waals surface area contributed by atoms with Crippen molar-refractivity contribution in [1.82, 2.24) is 9.97 Å². The van der Waals surface area contributed by atoms with E-state index in [1.54, 1.807) is 0 Å². The molecule has 0 atom stereocenters. The average molecular weight is 479 g/mol. The van der Waals surface area contributed by atoms with Crippen LogP contribution >= 0.6 is 0 Å². The fourth-order valence-electron chi connectivity index (χ4n) is 5.53. The maximum atomic E-state index is 4.74. The molecule has 6 aromatic rings. The fraction of sp³-hybridized carbons (Fsp3) is 0.143. The average Bonchev–Trinajstić information content (AvgIpc) is 2.93. The summed E-state index contributed by atoms with van der Waals surface area (Å²) in [7, 11) is 0. The van der Waals surface area contributed by atoms with Gasteiger partial charge in [0.2, 0.25) is 0 Å². The summed E-state index contributed by atoms with van der Waals surface area (Å²) >= 11 is 0. The smallest absolute Gasteiger partial charge is 0.0714 e. The molecule has 37 heavy (non-hydrogen) atoms. The van der Waals surface area contributed by atoms with Crippen molar-refractivity contribution in [1.29, 1.82) is 0 Å². The second-order valence-electron chi connectivity index (χ2n) is 10.2. The second-order valence-corrected chi connectivity index (χ2v) is 10.2. The minimum absolute atomic E-state index is 0.464. The largest absolute Gasteiger partial charge is 0.256 e. The molecule has 0 saturated heterocycles. The zero-order valence-electron chi connectivity index (χ0n) is 21.8. The summed E-state index contributed by atoms with van der Waals surface area (Å²) in [6.07, 6.45) is 3.74. The molecule has 2 aromatic heterocycles. The van der Waals surface area contributed by atoms with E-state index in [2.05, 4.69) is 105 Å². The first kappa shape index (κ1) is 23.1. The Bertz CT molecular complexity index is 1760. The molecule has 180 valence electrons. The van der Waals surface area contributed by atoms with E-state index in [-0.39, 0.29) is 0 Å². The van der Waals surface area contributed by atoms with E-state index >= 15 is 0 Å². The van der Waals surface area contributed by atoms with Crippen molar-refractivity contribution >= 4 is 21.7 Å². The molecular weight excluding hydrogens is 448 g/mol. The Balaban J connectivity index is 1.61. The van der Waals surface area contributed by atoms with E-state index < -0.39 is 0 Å². The van der Waals surface area contributed by atoms with Crippen molar-refractivity contribution in [2.75, 3.05) is 0 Å². The van der Waals surface area contributed by atoms with Crippen LogP contribution in [0.4, 0.5) is 0 Å². The van der Waals surface area contributed by atoms with Crippen molar-refractivity contribution < 1.29 is 0 Å². The van der Waals surface area contributed by atoms with Gasteiger partial charge in [0.25, 0.3) is 0 Å². The van der Waals surface area contributed by atoms with Crippen LogP contribution in [0.5, 0.6) is 0 Å². The molecule has 2 nitrogen and oxygen atoms in total.